The first kappa shape index (κ1) is 9.97. The van der Waals surface area contributed by atoms with Crippen LogP contribution in [0.4, 0.5) is 4.79 Å². The number of nitrogens with one attached hydrogen (secondary N) is 1. The number of carbonyl (C=O) groups is 2. The lowest BCUT2D eigenvalue weighted by Gasteiger charge is -2.04. The Balaban J connectivity index is 2.84. The molecular formula is C8H9N3O3. The van der Waals surface area contributed by atoms with Crippen molar-refractivity contribution in [1.82, 2.24) is 10.3 Å². The number of aromatic nitrogens is 1. The van der Waals surface area contributed by atoms with Gasteiger partial charge in [-0.05, 0) is 6.07 Å². The van der Waals surface area contributed by atoms with E-state index in [1.54, 1.807) is 0 Å². The second-order valence-electron chi connectivity index (χ2n) is 2.56. The molecule has 0 saturated carbocycles. The highest BCUT2D eigenvalue weighted by atomic mass is 16.4. The molecule has 74 valence electrons. The van der Waals surface area contributed by atoms with Gasteiger partial charge in [0.05, 0.1) is 5.56 Å². The molecule has 1 rings (SSSR count). The Morgan fingerprint density at radius 1 is 1.57 bits per heavy atom. The lowest BCUT2D eigenvalue weighted by Crippen LogP contribution is -2.29. The quantitative estimate of drug-likeness (QED) is 0.628. The summed E-state index contributed by atoms with van der Waals surface area (Å²) in [6.07, 6.45) is 2.75. The van der Waals surface area contributed by atoms with Crippen LogP contribution < -0.4 is 11.1 Å². The number of amides is 2. The maximum absolute atomic E-state index is 10.7. The summed E-state index contributed by atoms with van der Waals surface area (Å²) in [5.74, 6) is -1.06. The van der Waals surface area contributed by atoms with Crippen LogP contribution in [0.3, 0.4) is 0 Å². The van der Waals surface area contributed by atoms with E-state index in [0.29, 0.717) is 5.56 Å². The average molecular weight is 195 g/mol. The van der Waals surface area contributed by atoms with Crippen LogP contribution in [-0.4, -0.2) is 22.1 Å². The van der Waals surface area contributed by atoms with Crippen LogP contribution in [0, 0.1) is 0 Å². The Morgan fingerprint density at radius 3 is 2.86 bits per heavy atom. The van der Waals surface area contributed by atoms with E-state index in [4.69, 9.17) is 10.8 Å². The molecule has 1 aromatic heterocycles. The van der Waals surface area contributed by atoms with E-state index in [0.717, 1.165) is 0 Å². The van der Waals surface area contributed by atoms with E-state index in [1.165, 1.54) is 18.5 Å². The first-order chi connectivity index (χ1) is 6.61. The molecular weight excluding hydrogens is 186 g/mol. The number of primary amides is 1. The number of urea groups is 1. The monoisotopic (exact) mass is 195 g/mol. The zero-order valence-corrected chi connectivity index (χ0v) is 7.23. The van der Waals surface area contributed by atoms with Crippen LogP contribution in [0.15, 0.2) is 18.5 Å². The van der Waals surface area contributed by atoms with Crippen molar-refractivity contribution in [2.24, 2.45) is 5.73 Å². The van der Waals surface area contributed by atoms with Crippen molar-refractivity contribution in [2.75, 3.05) is 0 Å². The molecule has 2 amide bonds. The normalized spacial score (nSPS) is 9.43. The molecule has 0 atom stereocenters. The summed E-state index contributed by atoms with van der Waals surface area (Å²) < 4.78 is 0. The predicted molar refractivity (Wildman–Crippen MR) is 47.6 cm³/mol. The van der Waals surface area contributed by atoms with Crippen molar-refractivity contribution in [3.8, 4) is 0 Å². The van der Waals surface area contributed by atoms with Crippen LogP contribution in [0.2, 0.25) is 0 Å². The molecule has 0 unspecified atom stereocenters. The molecule has 0 radical (unpaired) electrons. The third kappa shape index (κ3) is 2.44. The van der Waals surface area contributed by atoms with Gasteiger partial charge in [0.1, 0.15) is 0 Å². The molecule has 0 aliphatic heterocycles. The predicted octanol–water partition coefficient (Wildman–Crippen LogP) is -0.0519. The standard InChI is InChI=1S/C8H9N3O3/c9-8(14)11-4-5-3-10-2-1-6(5)7(12)13/h1-3H,4H2,(H,12,13)(H3,9,11,14). The molecule has 0 aliphatic rings. The fourth-order valence-electron chi connectivity index (χ4n) is 0.959. The van der Waals surface area contributed by atoms with Gasteiger partial charge in [-0.25, -0.2) is 9.59 Å². The van der Waals surface area contributed by atoms with Gasteiger partial charge >= 0.3 is 12.0 Å². The van der Waals surface area contributed by atoms with Crippen LogP contribution in [-0.2, 0) is 6.54 Å². The summed E-state index contributed by atoms with van der Waals surface area (Å²) in [7, 11) is 0. The molecule has 1 aromatic rings. The second kappa shape index (κ2) is 4.22. The molecule has 0 saturated heterocycles. The fraction of sp³-hybridized carbons (Fsp3) is 0.125. The van der Waals surface area contributed by atoms with Crippen molar-refractivity contribution in [3.63, 3.8) is 0 Å². The number of hydrogen-bond donors (Lipinski definition) is 3. The molecule has 1 heterocycles. The summed E-state index contributed by atoms with van der Waals surface area (Å²) >= 11 is 0. The summed E-state index contributed by atoms with van der Waals surface area (Å²) in [6, 6.07) is 0.658. The Kier molecular flexibility index (Phi) is 3.01. The molecule has 6 heteroatoms. The molecule has 0 fully saturated rings. The maximum atomic E-state index is 10.7. The highest BCUT2D eigenvalue weighted by Crippen LogP contribution is 2.05. The summed E-state index contributed by atoms with van der Waals surface area (Å²) in [5, 5.41) is 11.1. The maximum Gasteiger partial charge on any atom is 0.336 e. The van der Waals surface area contributed by atoms with E-state index in [-0.39, 0.29) is 12.1 Å². The van der Waals surface area contributed by atoms with Crippen molar-refractivity contribution < 1.29 is 14.7 Å². The number of carboxylic acids is 1. The number of nitrogens with two attached hydrogens (primary N) is 1. The van der Waals surface area contributed by atoms with Crippen LogP contribution in [0.25, 0.3) is 0 Å². The lowest BCUT2D eigenvalue weighted by molar-refractivity contribution is 0.0695. The Morgan fingerprint density at radius 2 is 2.29 bits per heavy atom. The smallest absolute Gasteiger partial charge is 0.336 e. The summed E-state index contributed by atoms with van der Waals surface area (Å²) in [4.78, 5) is 24.8. The molecule has 0 spiro atoms. The van der Waals surface area contributed by atoms with Gasteiger partial charge in [0, 0.05) is 24.5 Å². The first-order valence-corrected chi connectivity index (χ1v) is 3.80. The van der Waals surface area contributed by atoms with E-state index in [1.807, 2.05) is 0 Å². The van der Waals surface area contributed by atoms with Gasteiger partial charge in [0.25, 0.3) is 0 Å². The number of aromatic carboxylic acids is 1. The zero-order valence-electron chi connectivity index (χ0n) is 7.23. The van der Waals surface area contributed by atoms with E-state index in [2.05, 4.69) is 10.3 Å². The first-order valence-electron chi connectivity index (χ1n) is 3.80. The SMILES string of the molecule is NC(=O)NCc1cnccc1C(=O)O. The topological polar surface area (TPSA) is 105 Å². The van der Waals surface area contributed by atoms with E-state index >= 15 is 0 Å². The number of carboxylic acid groups (broad SMARTS) is 1. The van der Waals surface area contributed by atoms with Crippen molar-refractivity contribution in [2.45, 2.75) is 6.54 Å². The minimum Gasteiger partial charge on any atom is -0.478 e. The van der Waals surface area contributed by atoms with Crippen LogP contribution >= 0.6 is 0 Å². The zero-order chi connectivity index (χ0) is 10.6. The summed E-state index contributed by atoms with van der Waals surface area (Å²) in [5.41, 5.74) is 5.37. The van der Waals surface area contributed by atoms with Crippen molar-refractivity contribution in [1.29, 1.82) is 0 Å². The minimum atomic E-state index is -1.06. The third-order valence-electron chi connectivity index (χ3n) is 1.59. The van der Waals surface area contributed by atoms with Crippen LogP contribution in [0.1, 0.15) is 15.9 Å². The summed E-state index contributed by atoms with van der Waals surface area (Å²) in [6.45, 7) is 0.0603. The molecule has 4 N–H and O–H groups in total. The van der Waals surface area contributed by atoms with E-state index < -0.39 is 12.0 Å². The lowest BCUT2D eigenvalue weighted by atomic mass is 10.1. The van der Waals surface area contributed by atoms with Gasteiger partial charge in [-0.2, -0.15) is 0 Å². The largest absolute Gasteiger partial charge is 0.478 e. The van der Waals surface area contributed by atoms with E-state index in [9.17, 15) is 9.59 Å². The molecule has 0 aromatic carbocycles. The number of pyridine rings is 1. The Bertz CT molecular complexity index is 365. The third-order valence-corrected chi connectivity index (χ3v) is 1.59. The van der Waals surface area contributed by atoms with Gasteiger partial charge in [-0.1, -0.05) is 0 Å². The van der Waals surface area contributed by atoms with Crippen LogP contribution in [0.5, 0.6) is 0 Å². The van der Waals surface area contributed by atoms with Gasteiger partial charge in [-0.3, -0.25) is 4.98 Å². The number of carbonyl (C=O) groups excluding carboxylic acids is 1. The number of hydrogen-bond acceptors (Lipinski definition) is 3. The molecule has 0 aliphatic carbocycles. The molecule has 14 heavy (non-hydrogen) atoms. The molecule has 6 nitrogen and oxygen atoms in total. The fourth-order valence-corrected chi connectivity index (χ4v) is 0.959. The highest BCUT2D eigenvalue weighted by molar-refractivity contribution is 5.89. The van der Waals surface area contributed by atoms with Crippen molar-refractivity contribution in [3.05, 3.63) is 29.6 Å². The Labute approximate surface area is 79.8 Å². The molecule has 0 bridgehead atoms. The van der Waals surface area contributed by atoms with Crippen molar-refractivity contribution >= 4 is 12.0 Å². The van der Waals surface area contributed by atoms with Gasteiger partial charge < -0.3 is 16.2 Å². The Hall–Kier alpha value is -2.11. The van der Waals surface area contributed by atoms with Gasteiger partial charge in [-0.15, -0.1) is 0 Å². The number of rotatable bonds is 3. The number of nitrogens with zero attached hydrogens (tertiary/aromatic N) is 1. The van der Waals surface area contributed by atoms with Gasteiger partial charge in [0.15, 0.2) is 0 Å². The van der Waals surface area contributed by atoms with Gasteiger partial charge in [0.2, 0.25) is 0 Å². The second-order valence-corrected chi connectivity index (χ2v) is 2.56. The highest BCUT2D eigenvalue weighted by Gasteiger charge is 2.09. The average Bonchev–Trinajstić information content (AvgIpc) is 2.15. The minimum absolute atomic E-state index is 0.0603.